The van der Waals surface area contributed by atoms with Crippen molar-refractivity contribution < 1.29 is 13.2 Å². The minimum atomic E-state index is -4.16. The first-order valence-corrected chi connectivity index (χ1v) is 4.90. The molecule has 2 rings (SSSR count). The van der Waals surface area contributed by atoms with E-state index >= 15 is 0 Å². The summed E-state index contributed by atoms with van der Waals surface area (Å²) in [6, 6.07) is 6.18. The standard InChI is InChI=1S/C11H11F3N2/c12-11(13,14)10(5-6-10)9-3-1-8(2-4-9)7-16-15/h1-4,7H,5-6,15H2. The second kappa shape index (κ2) is 3.50. The van der Waals surface area contributed by atoms with Gasteiger partial charge in [0.1, 0.15) is 0 Å². The zero-order chi connectivity index (χ0) is 11.8. The van der Waals surface area contributed by atoms with Gasteiger partial charge in [-0.3, -0.25) is 0 Å². The third-order valence-electron chi connectivity index (χ3n) is 2.98. The summed E-state index contributed by atoms with van der Waals surface area (Å²) in [6.07, 6.45) is -2.39. The lowest BCUT2D eigenvalue weighted by Gasteiger charge is -2.19. The second-order valence-corrected chi connectivity index (χ2v) is 3.98. The molecule has 0 amide bonds. The average Bonchev–Trinajstić information content (AvgIpc) is 2.99. The van der Waals surface area contributed by atoms with Gasteiger partial charge in [-0.15, -0.1) is 0 Å². The Labute approximate surface area is 91.0 Å². The van der Waals surface area contributed by atoms with Crippen LogP contribution < -0.4 is 5.84 Å². The minimum absolute atomic E-state index is 0.181. The Balaban J connectivity index is 2.29. The molecular formula is C11H11F3N2. The van der Waals surface area contributed by atoms with Crippen molar-refractivity contribution in [2.45, 2.75) is 24.4 Å². The lowest BCUT2D eigenvalue weighted by Crippen LogP contribution is -2.28. The summed E-state index contributed by atoms with van der Waals surface area (Å²) in [5, 5.41) is 3.31. The second-order valence-electron chi connectivity index (χ2n) is 3.98. The predicted molar refractivity (Wildman–Crippen MR) is 55.2 cm³/mol. The van der Waals surface area contributed by atoms with Gasteiger partial charge >= 0.3 is 6.18 Å². The number of alkyl halides is 3. The summed E-state index contributed by atoms with van der Waals surface area (Å²) in [7, 11) is 0. The third kappa shape index (κ3) is 1.66. The van der Waals surface area contributed by atoms with E-state index in [4.69, 9.17) is 5.84 Å². The maximum Gasteiger partial charge on any atom is 0.398 e. The molecule has 1 fully saturated rings. The quantitative estimate of drug-likeness (QED) is 0.471. The van der Waals surface area contributed by atoms with Crippen LogP contribution in [-0.4, -0.2) is 12.4 Å². The van der Waals surface area contributed by atoms with Crippen LogP contribution in [0.1, 0.15) is 24.0 Å². The van der Waals surface area contributed by atoms with Crippen molar-refractivity contribution in [3.63, 3.8) is 0 Å². The van der Waals surface area contributed by atoms with Gasteiger partial charge in [0.05, 0.1) is 11.6 Å². The van der Waals surface area contributed by atoms with Gasteiger partial charge in [-0.05, 0) is 24.0 Å². The highest BCUT2D eigenvalue weighted by Crippen LogP contribution is 2.58. The summed E-state index contributed by atoms with van der Waals surface area (Å²) in [6.45, 7) is 0. The number of nitrogens with two attached hydrogens (primary N) is 1. The third-order valence-corrected chi connectivity index (χ3v) is 2.98. The van der Waals surface area contributed by atoms with Crippen LogP contribution in [0.5, 0.6) is 0 Å². The van der Waals surface area contributed by atoms with E-state index in [2.05, 4.69) is 5.10 Å². The van der Waals surface area contributed by atoms with E-state index in [1.54, 1.807) is 12.1 Å². The Hall–Kier alpha value is -1.52. The summed E-state index contributed by atoms with van der Waals surface area (Å²) < 4.78 is 38.4. The monoisotopic (exact) mass is 228 g/mol. The molecule has 0 bridgehead atoms. The van der Waals surface area contributed by atoms with E-state index in [-0.39, 0.29) is 12.8 Å². The average molecular weight is 228 g/mol. The van der Waals surface area contributed by atoms with Gasteiger partial charge in [-0.2, -0.15) is 18.3 Å². The summed E-state index contributed by atoms with van der Waals surface area (Å²) in [5.74, 6) is 4.96. The lowest BCUT2D eigenvalue weighted by atomic mass is 9.94. The fourth-order valence-corrected chi connectivity index (χ4v) is 1.84. The molecule has 0 aromatic heterocycles. The molecule has 2 nitrogen and oxygen atoms in total. The van der Waals surface area contributed by atoms with E-state index in [0.717, 1.165) is 0 Å². The summed E-state index contributed by atoms with van der Waals surface area (Å²) in [5.41, 5.74) is -0.579. The van der Waals surface area contributed by atoms with Gasteiger partial charge in [0.25, 0.3) is 0 Å². The topological polar surface area (TPSA) is 38.4 Å². The highest BCUT2D eigenvalue weighted by molar-refractivity contribution is 5.79. The van der Waals surface area contributed by atoms with Gasteiger partial charge in [0.2, 0.25) is 0 Å². The van der Waals surface area contributed by atoms with Crippen LogP contribution >= 0.6 is 0 Å². The van der Waals surface area contributed by atoms with Crippen molar-refractivity contribution in [1.29, 1.82) is 0 Å². The van der Waals surface area contributed by atoms with Crippen LogP contribution in [0.15, 0.2) is 29.4 Å². The fraction of sp³-hybridized carbons (Fsp3) is 0.364. The zero-order valence-electron chi connectivity index (χ0n) is 8.46. The molecule has 0 saturated heterocycles. The summed E-state index contributed by atoms with van der Waals surface area (Å²) >= 11 is 0. The van der Waals surface area contributed by atoms with Crippen LogP contribution in [0.4, 0.5) is 13.2 Å². The van der Waals surface area contributed by atoms with Crippen LogP contribution in [0.25, 0.3) is 0 Å². The molecule has 0 heterocycles. The van der Waals surface area contributed by atoms with E-state index in [1.165, 1.54) is 18.3 Å². The van der Waals surface area contributed by atoms with E-state index in [9.17, 15) is 13.2 Å². The molecule has 0 unspecified atom stereocenters. The number of rotatable bonds is 2. The first kappa shape index (κ1) is 11.0. The van der Waals surface area contributed by atoms with Crippen molar-refractivity contribution in [3.05, 3.63) is 35.4 Å². The van der Waals surface area contributed by atoms with Gasteiger partial charge in [-0.25, -0.2) is 0 Å². The van der Waals surface area contributed by atoms with E-state index < -0.39 is 11.6 Å². The minimum Gasteiger partial charge on any atom is -0.323 e. The molecule has 16 heavy (non-hydrogen) atoms. The molecule has 1 aliphatic carbocycles. The molecular weight excluding hydrogens is 217 g/mol. The molecule has 1 saturated carbocycles. The zero-order valence-corrected chi connectivity index (χ0v) is 8.46. The predicted octanol–water partition coefficient (Wildman–Crippen LogP) is 2.57. The molecule has 86 valence electrons. The van der Waals surface area contributed by atoms with Crippen LogP contribution in [0, 0.1) is 0 Å². The fourth-order valence-electron chi connectivity index (χ4n) is 1.84. The number of hydrogen-bond acceptors (Lipinski definition) is 2. The molecule has 0 spiro atoms. The summed E-state index contributed by atoms with van der Waals surface area (Å²) in [4.78, 5) is 0. The van der Waals surface area contributed by atoms with E-state index in [1.807, 2.05) is 0 Å². The van der Waals surface area contributed by atoms with Crippen LogP contribution in [0.3, 0.4) is 0 Å². The Morgan fingerprint density at radius 1 is 1.19 bits per heavy atom. The number of hydrazone groups is 1. The Morgan fingerprint density at radius 3 is 2.12 bits per heavy atom. The van der Waals surface area contributed by atoms with Crippen LogP contribution in [-0.2, 0) is 5.41 Å². The van der Waals surface area contributed by atoms with Gasteiger partial charge in [0, 0.05) is 0 Å². The van der Waals surface area contributed by atoms with Gasteiger partial charge in [-0.1, -0.05) is 24.3 Å². The molecule has 0 radical (unpaired) electrons. The van der Waals surface area contributed by atoms with Crippen molar-refractivity contribution >= 4 is 6.21 Å². The molecule has 1 aliphatic rings. The van der Waals surface area contributed by atoms with Crippen LogP contribution in [0.2, 0.25) is 0 Å². The molecule has 0 aliphatic heterocycles. The lowest BCUT2D eigenvalue weighted by molar-refractivity contribution is -0.160. The highest BCUT2D eigenvalue weighted by atomic mass is 19.4. The molecule has 5 heteroatoms. The molecule has 1 aromatic carbocycles. The maximum absolute atomic E-state index is 12.8. The smallest absolute Gasteiger partial charge is 0.323 e. The number of nitrogens with zero attached hydrogens (tertiary/aromatic N) is 1. The SMILES string of the molecule is NN=Cc1ccc(C2(C(F)(F)F)CC2)cc1. The Kier molecular flexibility index (Phi) is 2.40. The highest BCUT2D eigenvalue weighted by Gasteiger charge is 2.64. The number of hydrogen-bond donors (Lipinski definition) is 1. The molecule has 2 N–H and O–H groups in total. The van der Waals surface area contributed by atoms with Crippen molar-refractivity contribution in [2.24, 2.45) is 10.9 Å². The van der Waals surface area contributed by atoms with Crippen molar-refractivity contribution in [3.8, 4) is 0 Å². The normalized spacial score (nSPS) is 18.9. The Bertz CT molecular complexity index is 402. The van der Waals surface area contributed by atoms with E-state index in [0.29, 0.717) is 11.1 Å². The van der Waals surface area contributed by atoms with Gasteiger partial charge in [0.15, 0.2) is 0 Å². The first-order chi connectivity index (χ1) is 7.49. The van der Waals surface area contributed by atoms with Crippen molar-refractivity contribution in [1.82, 2.24) is 0 Å². The molecule has 1 aromatic rings. The molecule has 0 atom stereocenters. The first-order valence-electron chi connectivity index (χ1n) is 4.90. The Morgan fingerprint density at radius 2 is 1.75 bits per heavy atom. The number of halogens is 3. The maximum atomic E-state index is 12.8. The van der Waals surface area contributed by atoms with Gasteiger partial charge < -0.3 is 5.84 Å². The largest absolute Gasteiger partial charge is 0.398 e. The number of benzene rings is 1. The van der Waals surface area contributed by atoms with Crippen molar-refractivity contribution in [2.75, 3.05) is 0 Å².